The van der Waals surface area contributed by atoms with Crippen molar-refractivity contribution in [1.82, 2.24) is 10.6 Å². The third-order valence-electron chi connectivity index (χ3n) is 4.45. The molecule has 5 heteroatoms. The third-order valence-corrected chi connectivity index (χ3v) is 4.45. The molecule has 1 aliphatic rings. The number of carbonyl (C=O) groups excluding carboxylic acids is 2. The highest BCUT2D eigenvalue weighted by molar-refractivity contribution is 5.86. The molecule has 1 aromatic rings. The summed E-state index contributed by atoms with van der Waals surface area (Å²) in [7, 11) is 0. The smallest absolute Gasteiger partial charge is 0.407 e. The van der Waals surface area contributed by atoms with Gasteiger partial charge in [0.05, 0.1) is 6.04 Å². The highest BCUT2D eigenvalue weighted by Crippen LogP contribution is 2.15. The Balaban J connectivity index is 1.49. The first-order valence-corrected chi connectivity index (χ1v) is 8.88. The average Bonchev–Trinajstić information content (AvgIpc) is 2.60. The van der Waals surface area contributed by atoms with Crippen LogP contribution in [0.5, 0.6) is 0 Å². The van der Waals surface area contributed by atoms with Crippen LogP contribution in [0.4, 0.5) is 4.79 Å². The molecule has 2 rings (SSSR count). The summed E-state index contributed by atoms with van der Waals surface area (Å²) >= 11 is 0. The van der Waals surface area contributed by atoms with Crippen LogP contribution in [-0.4, -0.2) is 31.0 Å². The maximum absolute atomic E-state index is 12.0. The lowest BCUT2D eigenvalue weighted by atomic mass is 9.90. The Morgan fingerprint density at radius 3 is 2.83 bits per heavy atom. The van der Waals surface area contributed by atoms with E-state index in [0.29, 0.717) is 18.9 Å². The number of rotatable bonds is 8. The summed E-state index contributed by atoms with van der Waals surface area (Å²) in [6.45, 7) is 3.85. The standard InChI is InChI=1S/C19H28N2O3/c1-15-11-13-20-17(18(15)22)10-6-3-7-12-21-19(23)24-14-16-8-4-2-5-9-16/h2,4-5,8-9,15,17,20H,3,6-7,10-14H2,1H3,(H,21,23)/t15?,17-/m0/s1. The Labute approximate surface area is 144 Å². The minimum atomic E-state index is -0.378. The monoisotopic (exact) mass is 332 g/mol. The fraction of sp³-hybridized carbons (Fsp3) is 0.579. The minimum Gasteiger partial charge on any atom is -0.445 e. The van der Waals surface area contributed by atoms with Crippen LogP contribution in [0.2, 0.25) is 0 Å². The summed E-state index contributed by atoms with van der Waals surface area (Å²) in [6.07, 6.45) is 4.36. The van der Waals surface area contributed by atoms with Gasteiger partial charge >= 0.3 is 6.09 Å². The van der Waals surface area contributed by atoms with E-state index in [9.17, 15) is 9.59 Å². The highest BCUT2D eigenvalue weighted by Gasteiger charge is 2.26. The van der Waals surface area contributed by atoms with Crippen molar-refractivity contribution in [2.24, 2.45) is 5.92 Å². The molecule has 1 heterocycles. The maximum atomic E-state index is 12.0. The van der Waals surface area contributed by atoms with Gasteiger partial charge in [0.15, 0.2) is 5.78 Å². The van der Waals surface area contributed by atoms with Gasteiger partial charge in [-0.2, -0.15) is 0 Å². The lowest BCUT2D eigenvalue weighted by Crippen LogP contribution is -2.45. The van der Waals surface area contributed by atoms with Crippen LogP contribution in [-0.2, 0) is 16.1 Å². The van der Waals surface area contributed by atoms with Crippen LogP contribution in [0, 0.1) is 5.92 Å². The molecular weight excluding hydrogens is 304 g/mol. The SMILES string of the molecule is CC1CCN[C@@H](CCCCCNC(=O)OCc2ccccc2)C1=O. The van der Waals surface area contributed by atoms with Crippen molar-refractivity contribution < 1.29 is 14.3 Å². The molecule has 0 radical (unpaired) electrons. The number of nitrogens with one attached hydrogen (secondary N) is 2. The van der Waals surface area contributed by atoms with Crippen LogP contribution >= 0.6 is 0 Å². The van der Waals surface area contributed by atoms with Crippen LogP contribution in [0.15, 0.2) is 30.3 Å². The van der Waals surface area contributed by atoms with Crippen LogP contribution in [0.25, 0.3) is 0 Å². The van der Waals surface area contributed by atoms with E-state index in [1.807, 2.05) is 37.3 Å². The molecule has 0 bridgehead atoms. The number of benzene rings is 1. The summed E-state index contributed by atoms with van der Waals surface area (Å²) in [5, 5.41) is 6.06. The molecule has 24 heavy (non-hydrogen) atoms. The third kappa shape index (κ3) is 6.32. The van der Waals surface area contributed by atoms with Gasteiger partial charge in [0.25, 0.3) is 0 Å². The molecular formula is C19H28N2O3. The van der Waals surface area contributed by atoms with Gasteiger partial charge in [0.1, 0.15) is 6.61 Å². The summed E-state index contributed by atoms with van der Waals surface area (Å²) in [5.41, 5.74) is 0.978. The van der Waals surface area contributed by atoms with Gasteiger partial charge in [0.2, 0.25) is 0 Å². The van der Waals surface area contributed by atoms with Gasteiger partial charge in [-0.05, 0) is 31.4 Å². The molecule has 0 spiro atoms. The van der Waals surface area contributed by atoms with Gasteiger partial charge in [-0.3, -0.25) is 4.79 Å². The lowest BCUT2D eigenvalue weighted by molar-refractivity contribution is -0.126. The van der Waals surface area contributed by atoms with Crippen molar-refractivity contribution in [3.8, 4) is 0 Å². The van der Waals surface area contributed by atoms with Gasteiger partial charge in [-0.15, -0.1) is 0 Å². The Morgan fingerprint density at radius 1 is 1.25 bits per heavy atom. The van der Waals surface area contributed by atoms with E-state index in [1.165, 1.54) is 0 Å². The van der Waals surface area contributed by atoms with Crippen molar-refractivity contribution >= 4 is 11.9 Å². The molecule has 0 aliphatic carbocycles. The van der Waals surface area contributed by atoms with Crippen LogP contribution in [0.1, 0.15) is 44.6 Å². The van der Waals surface area contributed by atoms with E-state index in [-0.39, 0.29) is 18.1 Å². The number of carbonyl (C=O) groups is 2. The van der Waals surface area contributed by atoms with Gasteiger partial charge in [-0.1, -0.05) is 50.1 Å². The summed E-state index contributed by atoms with van der Waals surface area (Å²) in [4.78, 5) is 23.6. The van der Waals surface area contributed by atoms with Crippen LogP contribution < -0.4 is 10.6 Å². The van der Waals surface area contributed by atoms with E-state index >= 15 is 0 Å². The van der Waals surface area contributed by atoms with Crippen LogP contribution in [0.3, 0.4) is 0 Å². The largest absolute Gasteiger partial charge is 0.445 e. The Hall–Kier alpha value is -1.88. The topological polar surface area (TPSA) is 67.4 Å². The van der Waals surface area contributed by atoms with Gasteiger partial charge < -0.3 is 15.4 Å². The van der Waals surface area contributed by atoms with Crippen molar-refractivity contribution in [3.05, 3.63) is 35.9 Å². The quantitative estimate of drug-likeness (QED) is 0.718. The fourth-order valence-electron chi connectivity index (χ4n) is 2.92. The molecule has 1 amide bonds. The second kappa shape index (κ2) is 10.1. The van der Waals surface area contributed by atoms with E-state index in [1.54, 1.807) is 0 Å². The predicted octanol–water partition coefficient (Wildman–Crippen LogP) is 3.04. The zero-order valence-corrected chi connectivity index (χ0v) is 14.4. The summed E-state index contributed by atoms with van der Waals surface area (Å²) in [6, 6.07) is 9.65. The van der Waals surface area contributed by atoms with Crippen molar-refractivity contribution in [3.63, 3.8) is 0 Å². The number of unbranched alkanes of at least 4 members (excludes halogenated alkanes) is 2. The molecule has 1 unspecified atom stereocenters. The molecule has 1 aromatic carbocycles. The van der Waals surface area contributed by atoms with Gasteiger partial charge in [-0.25, -0.2) is 4.79 Å². The first kappa shape index (κ1) is 18.5. The fourth-order valence-corrected chi connectivity index (χ4v) is 2.92. The van der Waals surface area contributed by atoms with Crippen molar-refractivity contribution in [2.75, 3.05) is 13.1 Å². The highest BCUT2D eigenvalue weighted by atomic mass is 16.5. The second-order valence-corrected chi connectivity index (χ2v) is 6.44. The van der Waals surface area contributed by atoms with Gasteiger partial charge in [0, 0.05) is 12.5 Å². The first-order valence-electron chi connectivity index (χ1n) is 8.88. The molecule has 1 saturated heterocycles. The molecule has 0 saturated carbocycles. The van der Waals surface area contributed by atoms with E-state index in [0.717, 1.165) is 44.2 Å². The number of alkyl carbamates (subject to hydrolysis) is 1. The molecule has 2 atom stereocenters. The van der Waals surface area contributed by atoms with E-state index < -0.39 is 0 Å². The number of hydrogen-bond acceptors (Lipinski definition) is 4. The molecule has 132 valence electrons. The number of hydrogen-bond donors (Lipinski definition) is 2. The Bertz CT molecular complexity index is 519. The number of amides is 1. The number of piperidine rings is 1. The number of ketones is 1. The summed E-state index contributed by atoms with van der Waals surface area (Å²) < 4.78 is 5.15. The normalized spacial score (nSPS) is 20.6. The lowest BCUT2D eigenvalue weighted by Gasteiger charge is -2.26. The minimum absolute atomic E-state index is 0.0255. The average molecular weight is 332 g/mol. The van der Waals surface area contributed by atoms with Crippen molar-refractivity contribution in [2.45, 2.75) is 51.7 Å². The summed E-state index contributed by atoms with van der Waals surface area (Å²) in [5.74, 6) is 0.543. The molecule has 0 aromatic heterocycles. The second-order valence-electron chi connectivity index (χ2n) is 6.44. The predicted molar refractivity (Wildman–Crippen MR) is 93.7 cm³/mol. The van der Waals surface area contributed by atoms with Crippen molar-refractivity contribution in [1.29, 1.82) is 0 Å². The van der Waals surface area contributed by atoms with E-state index in [4.69, 9.17) is 4.74 Å². The zero-order chi connectivity index (χ0) is 17.2. The molecule has 5 nitrogen and oxygen atoms in total. The number of ether oxygens (including phenoxy) is 1. The maximum Gasteiger partial charge on any atom is 0.407 e. The Kier molecular flexibility index (Phi) is 7.75. The number of Topliss-reactive ketones (excluding diaryl/α,β-unsaturated/α-hetero) is 1. The first-order chi connectivity index (χ1) is 11.7. The zero-order valence-electron chi connectivity index (χ0n) is 14.4. The Morgan fingerprint density at radius 2 is 2.04 bits per heavy atom. The molecule has 2 N–H and O–H groups in total. The molecule has 1 fully saturated rings. The molecule has 1 aliphatic heterocycles. The van der Waals surface area contributed by atoms with E-state index in [2.05, 4.69) is 10.6 Å².